The van der Waals surface area contributed by atoms with Crippen LogP contribution in [0.15, 0.2) is 6.20 Å². The van der Waals surface area contributed by atoms with Crippen molar-refractivity contribution < 1.29 is 23.9 Å². The third-order valence-corrected chi connectivity index (χ3v) is 3.56. The molecule has 1 unspecified atom stereocenters. The number of nitrogens with one attached hydrogen (secondary N) is 1. The molecular weight excluding hydrogens is 306 g/mol. The van der Waals surface area contributed by atoms with Crippen LogP contribution in [0, 0.1) is 5.92 Å². The first-order valence-corrected chi connectivity index (χ1v) is 7.14. The molecule has 0 bridgehead atoms. The second-order valence-electron chi connectivity index (χ2n) is 5.12. The molecule has 10 nitrogen and oxygen atoms in total. The van der Waals surface area contributed by atoms with Crippen molar-refractivity contribution in [2.75, 3.05) is 32.6 Å². The molecule has 1 saturated heterocycles. The minimum Gasteiger partial charge on any atom is -0.469 e. The van der Waals surface area contributed by atoms with Gasteiger partial charge in [0.25, 0.3) is 0 Å². The van der Waals surface area contributed by atoms with Crippen LogP contribution in [0.5, 0.6) is 0 Å². The molecule has 23 heavy (non-hydrogen) atoms. The number of aromatic nitrogens is 3. The zero-order chi connectivity index (χ0) is 16.8. The summed E-state index contributed by atoms with van der Waals surface area (Å²) >= 11 is 0. The van der Waals surface area contributed by atoms with E-state index in [0.29, 0.717) is 19.5 Å². The number of amides is 2. The molecule has 0 aromatic carbocycles. The Morgan fingerprint density at radius 3 is 2.83 bits per heavy atom. The second-order valence-corrected chi connectivity index (χ2v) is 5.12. The van der Waals surface area contributed by atoms with Gasteiger partial charge >= 0.3 is 12.1 Å². The summed E-state index contributed by atoms with van der Waals surface area (Å²) in [5.41, 5.74) is 0. The molecule has 1 aromatic heterocycles. The van der Waals surface area contributed by atoms with Gasteiger partial charge < -0.3 is 14.4 Å². The summed E-state index contributed by atoms with van der Waals surface area (Å²) in [6.45, 7) is 0.908. The van der Waals surface area contributed by atoms with E-state index in [2.05, 4.69) is 20.4 Å². The summed E-state index contributed by atoms with van der Waals surface area (Å²) in [6.07, 6.45) is 2.22. The fourth-order valence-corrected chi connectivity index (χ4v) is 2.39. The van der Waals surface area contributed by atoms with E-state index in [-0.39, 0.29) is 30.2 Å². The van der Waals surface area contributed by atoms with Crippen LogP contribution < -0.4 is 5.32 Å². The quantitative estimate of drug-likeness (QED) is 0.766. The largest absolute Gasteiger partial charge is 0.469 e. The topological polar surface area (TPSA) is 116 Å². The highest BCUT2D eigenvalue weighted by Crippen LogP contribution is 2.18. The van der Waals surface area contributed by atoms with Gasteiger partial charge in [0.05, 0.1) is 26.3 Å². The van der Waals surface area contributed by atoms with Gasteiger partial charge in [-0.25, -0.2) is 9.48 Å². The Hall–Kier alpha value is -2.65. The molecule has 0 spiro atoms. The highest BCUT2D eigenvalue weighted by molar-refractivity contribution is 5.83. The van der Waals surface area contributed by atoms with Gasteiger partial charge in [-0.15, -0.1) is 5.10 Å². The maximum absolute atomic E-state index is 12.3. The van der Waals surface area contributed by atoms with E-state index in [1.54, 1.807) is 4.90 Å². The van der Waals surface area contributed by atoms with Crippen molar-refractivity contribution in [3.05, 3.63) is 6.20 Å². The Labute approximate surface area is 132 Å². The molecule has 1 fully saturated rings. The zero-order valence-corrected chi connectivity index (χ0v) is 13.0. The monoisotopic (exact) mass is 325 g/mol. The van der Waals surface area contributed by atoms with Crippen molar-refractivity contribution in [3.8, 4) is 0 Å². The lowest BCUT2D eigenvalue weighted by Gasteiger charge is -2.31. The van der Waals surface area contributed by atoms with E-state index in [9.17, 15) is 14.4 Å². The van der Waals surface area contributed by atoms with Crippen LogP contribution >= 0.6 is 0 Å². The molecule has 2 amide bonds. The van der Waals surface area contributed by atoms with Crippen molar-refractivity contribution >= 4 is 23.8 Å². The summed E-state index contributed by atoms with van der Waals surface area (Å²) < 4.78 is 10.5. The van der Waals surface area contributed by atoms with E-state index < -0.39 is 6.09 Å². The van der Waals surface area contributed by atoms with Crippen molar-refractivity contribution in [1.29, 1.82) is 0 Å². The maximum Gasteiger partial charge on any atom is 0.412 e. The fourth-order valence-electron chi connectivity index (χ4n) is 2.39. The van der Waals surface area contributed by atoms with Crippen LogP contribution in [0.4, 0.5) is 10.6 Å². The standard InChI is InChI=1S/C13H19N5O5/c1-22-12(20)9-4-3-5-17(6-9)11(19)8-18-7-10(15-16-18)14-13(21)23-2/h7,9H,3-6,8H2,1-2H3,(H,14,21). The van der Waals surface area contributed by atoms with E-state index in [0.717, 1.165) is 6.42 Å². The number of likely N-dealkylation sites (tertiary alicyclic amines) is 1. The van der Waals surface area contributed by atoms with Crippen LogP contribution in [-0.4, -0.2) is 65.2 Å². The predicted octanol–water partition coefficient (Wildman–Crippen LogP) is -0.132. The first-order valence-electron chi connectivity index (χ1n) is 7.14. The molecular formula is C13H19N5O5. The minimum absolute atomic E-state index is 0.0241. The van der Waals surface area contributed by atoms with E-state index >= 15 is 0 Å². The van der Waals surface area contributed by atoms with Gasteiger partial charge in [-0.05, 0) is 12.8 Å². The number of rotatable bonds is 4. The SMILES string of the molecule is COC(=O)Nc1cn(CC(=O)N2CCCC(C(=O)OC)C2)nn1. The number of ether oxygens (including phenoxy) is 2. The molecule has 0 radical (unpaired) electrons. The van der Waals surface area contributed by atoms with Crippen LogP contribution in [0.3, 0.4) is 0 Å². The van der Waals surface area contributed by atoms with Crippen LogP contribution in [0.2, 0.25) is 0 Å². The van der Waals surface area contributed by atoms with Gasteiger partial charge in [0.1, 0.15) is 6.54 Å². The lowest BCUT2D eigenvalue weighted by atomic mass is 9.98. The van der Waals surface area contributed by atoms with Crippen LogP contribution in [-0.2, 0) is 25.6 Å². The smallest absolute Gasteiger partial charge is 0.412 e. The molecule has 1 aliphatic rings. The number of carbonyl (C=O) groups is 3. The average Bonchev–Trinajstić information content (AvgIpc) is 3.00. The third kappa shape index (κ3) is 4.41. The van der Waals surface area contributed by atoms with Gasteiger partial charge in [-0.2, -0.15) is 0 Å². The number of nitrogens with zero attached hydrogens (tertiary/aromatic N) is 4. The van der Waals surface area contributed by atoms with Gasteiger partial charge in [-0.3, -0.25) is 14.9 Å². The summed E-state index contributed by atoms with van der Waals surface area (Å²) in [5.74, 6) is -0.568. The average molecular weight is 325 g/mol. The van der Waals surface area contributed by atoms with Crippen molar-refractivity contribution in [2.45, 2.75) is 19.4 Å². The fraction of sp³-hybridized carbons (Fsp3) is 0.615. The van der Waals surface area contributed by atoms with Gasteiger partial charge in [-0.1, -0.05) is 5.21 Å². The van der Waals surface area contributed by atoms with E-state index in [1.807, 2.05) is 0 Å². The molecule has 1 N–H and O–H groups in total. The first-order chi connectivity index (χ1) is 11.0. The molecule has 126 valence electrons. The molecule has 2 rings (SSSR count). The molecule has 1 aliphatic heterocycles. The number of methoxy groups -OCH3 is 2. The second kappa shape index (κ2) is 7.56. The van der Waals surface area contributed by atoms with E-state index in [4.69, 9.17) is 4.74 Å². The Balaban J connectivity index is 1.91. The lowest BCUT2D eigenvalue weighted by Crippen LogP contribution is -2.44. The minimum atomic E-state index is -0.666. The highest BCUT2D eigenvalue weighted by Gasteiger charge is 2.29. The summed E-state index contributed by atoms with van der Waals surface area (Å²) in [7, 11) is 2.58. The molecule has 0 saturated carbocycles. The number of hydrogen-bond acceptors (Lipinski definition) is 7. The van der Waals surface area contributed by atoms with Crippen molar-refractivity contribution in [3.63, 3.8) is 0 Å². The number of esters is 1. The normalized spacial score (nSPS) is 17.5. The highest BCUT2D eigenvalue weighted by atomic mass is 16.5. The lowest BCUT2D eigenvalue weighted by molar-refractivity contribution is -0.149. The molecule has 10 heteroatoms. The van der Waals surface area contributed by atoms with Crippen LogP contribution in [0.1, 0.15) is 12.8 Å². The Morgan fingerprint density at radius 2 is 2.13 bits per heavy atom. The number of hydrogen-bond donors (Lipinski definition) is 1. The summed E-state index contributed by atoms with van der Waals surface area (Å²) in [6, 6.07) is 0. The number of carbonyl (C=O) groups excluding carboxylic acids is 3. The molecule has 1 atom stereocenters. The van der Waals surface area contributed by atoms with Crippen LogP contribution in [0.25, 0.3) is 0 Å². The summed E-state index contributed by atoms with van der Waals surface area (Å²) in [5, 5.41) is 9.83. The van der Waals surface area contributed by atoms with Gasteiger partial charge in [0.2, 0.25) is 5.91 Å². The van der Waals surface area contributed by atoms with Gasteiger partial charge in [0.15, 0.2) is 5.82 Å². The Kier molecular flexibility index (Phi) is 5.50. The number of anilines is 1. The summed E-state index contributed by atoms with van der Waals surface area (Å²) in [4.78, 5) is 36.5. The first kappa shape index (κ1) is 16.7. The number of piperidine rings is 1. The molecule has 1 aromatic rings. The van der Waals surface area contributed by atoms with Gasteiger partial charge in [0, 0.05) is 13.1 Å². The Bertz CT molecular complexity index is 587. The molecule has 0 aliphatic carbocycles. The van der Waals surface area contributed by atoms with Crippen molar-refractivity contribution in [2.24, 2.45) is 5.92 Å². The molecule has 2 heterocycles. The maximum atomic E-state index is 12.3. The predicted molar refractivity (Wildman–Crippen MR) is 77.4 cm³/mol. The zero-order valence-electron chi connectivity index (χ0n) is 13.0. The van der Waals surface area contributed by atoms with Crippen molar-refractivity contribution in [1.82, 2.24) is 19.9 Å². The Morgan fingerprint density at radius 1 is 1.35 bits per heavy atom. The van der Waals surface area contributed by atoms with E-state index in [1.165, 1.54) is 25.1 Å². The third-order valence-electron chi connectivity index (χ3n) is 3.56.